The van der Waals surface area contributed by atoms with Crippen molar-refractivity contribution in [3.8, 4) is 11.5 Å². The maximum Gasteiger partial charge on any atom is 0.228 e. The number of hydrogen-bond donors (Lipinski definition) is 1. The molecule has 0 spiro atoms. The molecule has 1 aliphatic rings. The van der Waals surface area contributed by atoms with Crippen molar-refractivity contribution < 1.29 is 13.9 Å². The van der Waals surface area contributed by atoms with Crippen LogP contribution in [0, 0.1) is 5.82 Å². The van der Waals surface area contributed by atoms with E-state index in [0.29, 0.717) is 16.5 Å². The van der Waals surface area contributed by atoms with Crippen LogP contribution in [0.25, 0.3) is 0 Å². The Balaban J connectivity index is 2.03. The summed E-state index contributed by atoms with van der Waals surface area (Å²) in [4.78, 5) is 11.4. The van der Waals surface area contributed by atoms with Crippen molar-refractivity contribution in [3.63, 3.8) is 0 Å². The van der Waals surface area contributed by atoms with Crippen molar-refractivity contribution in [2.45, 2.75) is 6.42 Å². The molecule has 0 radical (unpaired) electrons. The summed E-state index contributed by atoms with van der Waals surface area (Å²) in [6.07, 6.45) is 0.253. The predicted molar refractivity (Wildman–Crippen MR) is 70.3 cm³/mol. The SMILES string of the molecule is O=C1Cc2cc(Cl)cc(Oc3ccccc3F)c2N1. The van der Waals surface area contributed by atoms with Crippen LogP contribution in [-0.4, -0.2) is 5.91 Å². The van der Waals surface area contributed by atoms with Gasteiger partial charge in [-0.25, -0.2) is 4.39 Å². The summed E-state index contributed by atoms with van der Waals surface area (Å²) >= 11 is 5.97. The van der Waals surface area contributed by atoms with E-state index in [2.05, 4.69) is 5.32 Å². The van der Waals surface area contributed by atoms with Crippen molar-refractivity contribution in [1.29, 1.82) is 0 Å². The van der Waals surface area contributed by atoms with E-state index in [1.54, 1.807) is 24.3 Å². The summed E-state index contributed by atoms with van der Waals surface area (Å²) in [6.45, 7) is 0. The molecule has 2 aromatic rings. The zero-order valence-corrected chi connectivity index (χ0v) is 10.5. The molecule has 1 amide bonds. The van der Waals surface area contributed by atoms with Gasteiger partial charge in [0.15, 0.2) is 17.3 Å². The number of para-hydroxylation sites is 1. The van der Waals surface area contributed by atoms with E-state index in [0.717, 1.165) is 5.56 Å². The Kier molecular flexibility index (Phi) is 2.87. The van der Waals surface area contributed by atoms with Gasteiger partial charge in [0.2, 0.25) is 5.91 Å². The van der Waals surface area contributed by atoms with Gasteiger partial charge in [0.05, 0.1) is 12.1 Å². The molecule has 3 rings (SSSR count). The van der Waals surface area contributed by atoms with Crippen LogP contribution in [0.4, 0.5) is 10.1 Å². The average Bonchev–Trinajstić information content (AvgIpc) is 2.72. The quantitative estimate of drug-likeness (QED) is 0.907. The van der Waals surface area contributed by atoms with Gasteiger partial charge >= 0.3 is 0 Å². The Bertz CT molecular complexity index is 672. The van der Waals surface area contributed by atoms with Crippen molar-refractivity contribution in [2.24, 2.45) is 0 Å². The molecule has 1 N–H and O–H groups in total. The third-order valence-electron chi connectivity index (χ3n) is 2.82. The van der Waals surface area contributed by atoms with E-state index in [4.69, 9.17) is 16.3 Å². The maximum atomic E-state index is 13.6. The van der Waals surface area contributed by atoms with Gasteiger partial charge < -0.3 is 10.1 Å². The molecule has 0 atom stereocenters. The topological polar surface area (TPSA) is 38.3 Å². The maximum absolute atomic E-state index is 13.6. The molecular formula is C14H9ClFNO2. The zero-order valence-electron chi connectivity index (χ0n) is 9.74. The van der Waals surface area contributed by atoms with Crippen LogP contribution in [0.3, 0.4) is 0 Å². The van der Waals surface area contributed by atoms with E-state index in [1.165, 1.54) is 12.1 Å². The Hall–Kier alpha value is -2.07. The lowest BCUT2D eigenvalue weighted by Gasteiger charge is -2.11. The molecule has 0 saturated heterocycles. The summed E-state index contributed by atoms with van der Waals surface area (Å²) in [7, 11) is 0. The number of halogens is 2. The molecule has 19 heavy (non-hydrogen) atoms. The molecule has 0 bridgehead atoms. The van der Waals surface area contributed by atoms with Crippen molar-refractivity contribution in [2.75, 3.05) is 5.32 Å². The summed E-state index contributed by atoms with van der Waals surface area (Å²) in [5.41, 5.74) is 1.31. The van der Waals surface area contributed by atoms with E-state index < -0.39 is 5.82 Å². The molecule has 2 aromatic carbocycles. The fourth-order valence-electron chi connectivity index (χ4n) is 2.00. The van der Waals surface area contributed by atoms with Gasteiger partial charge in [-0.2, -0.15) is 0 Å². The Morgan fingerprint density at radius 2 is 2.00 bits per heavy atom. The number of fused-ring (bicyclic) bond motifs is 1. The Morgan fingerprint density at radius 1 is 1.21 bits per heavy atom. The molecule has 0 unspecified atom stereocenters. The summed E-state index contributed by atoms with van der Waals surface area (Å²) in [6, 6.07) is 9.31. The third-order valence-corrected chi connectivity index (χ3v) is 3.04. The molecule has 5 heteroatoms. The number of benzene rings is 2. The largest absolute Gasteiger partial charge is 0.452 e. The number of nitrogens with one attached hydrogen (secondary N) is 1. The van der Waals surface area contributed by atoms with Crippen LogP contribution in [0.1, 0.15) is 5.56 Å². The molecule has 0 aromatic heterocycles. The molecule has 0 fully saturated rings. The third kappa shape index (κ3) is 2.27. The van der Waals surface area contributed by atoms with E-state index in [-0.39, 0.29) is 18.1 Å². The first-order chi connectivity index (χ1) is 9.13. The number of hydrogen-bond acceptors (Lipinski definition) is 2. The van der Waals surface area contributed by atoms with Crippen molar-refractivity contribution in [1.82, 2.24) is 0 Å². The minimum absolute atomic E-state index is 0.0908. The lowest BCUT2D eigenvalue weighted by molar-refractivity contribution is -0.115. The van der Waals surface area contributed by atoms with Crippen LogP contribution in [0.2, 0.25) is 5.02 Å². The van der Waals surface area contributed by atoms with Crippen LogP contribution in [-0.2, 0) is 11.2 Å². The number of carbonyl (C=O) groups is 1. The van der Waals surface area contributed by atoms with Crippen LogP contribution in [0.15, 0.2) is 36.4 Å². The summed E-state index contributed by atoms with van der Waals surface area (Å²) < 4.78 is 19.1. The predicted octanol–water partition coefficient (Wildman–Crippen LogP) is 3.77. The molecule has 1 heterocycles. The zero-order chi connectivity index (χ0) is 13.4. The van der Waals surface area contributed by atoms with Gasteiger partial charge in [-0.1, -0.05) is 23.7 Å². The highest BCUT2D eigenvalue weighted by Crippen LogP contribution is 2.39. The fourth-order valence-corrected chi connectivity index (χ4v) is 2.23. The van der Waals surface area contributed by atoms with Gasteiger partial charge in [0.1, 0.15) is 0 Å². The fraction of sp³-hybridized carbons (Fsp3) is 0.0714. The Labute approximate surface area is 114 Å². The second kappa shape index (κ2) is 4.55. The number of amides is 1. The number of anilines is 1. The normalized spacial score (nSPS) is 13.1. The lowest BCUT2D eigenvalue weighted by atomic mass is 10.1. The molecule has 0 aliphatic carbocycles. The number of carbonyl (C=O) groups excluding carboxylic acids is 1. The minimum atomic E-state index is -0.472. The van der Waals surface area contributed by atoms with Gasteiger partial charge in [-0.15, -0.1) is 0 Å². The van der Waals surface area contributed by atoms with Crippen LogP contribution < -0.4 is 10.1 Å². The van der Waals surface area contributed by atoms with E-state index in [1.807, 2.05) is 0 Å². The molecule has 96 valence electrons. The van der Waals surface area contributed by atoms with Gasteiger partial charge in [0, 0.05) is 11.1 Å². The molecule has 0 saturated carbocycles. The summed E-state index contributed by atoms with van der Waals surface area (Å²) in [5, 5.41) is 3.13. The monoisotopic (exact) mass is 277 g/mol. The highest BCUT2D eigenvalue weighted by atomic mass is 35.5. The van der Waals surface area contributed by atoms with E-state index in [9.17, 15) is 9.18 Å². The van der Waals surface area contributed by atoms with Crippen LogP contribution in [0.5, 0.6) is 11.5 Å². The van der Waals surface area contributed by atoms with Crippen molar-refractivity contribution >= 4 is 23.2 Å². The van der Waals surface area contributed by atoms with Gasteiger partial charge in [0.25, 0.3) is 0 Å². The van der Waals surface area contributed by atoms with Gasteiger partial charge in [-0.3, -0.25) is 4.79 Å². The molecule has 1 aliphatic heterocycles. The van der Waals surface area contributed by atoms with Crippen LogP contribution >= 0.6 is 11.6 Å². The first kappa shape index (κ1) is 12.0. The number of ether oxygens (including phenoxy) is 1. The lowest BCUT2D eigenvalue weighted by Crippen LogP contribution is -2.04. The summed E-state index contributed by atoms with van der Waals surface area (Å²) in [5.74, 6) is -0.164. The molecule has 3 nitrogen and oxygen atoms in total. The second-order valence-corrected chi connectivity index (χ2v) is 4.63. The number of rotatable bonds is 2. The first-order valence-electron chi connectivity index (χ1n) is 5.68. The average molecular weight is 278 g/mol. The highest BCUT2D eigenvalue weighted by molar-refractivity contribution is 6.31. The second-order valence-electron chi connectivity index (χ2n) is 4.20. The highest BCUT2D eigenvalue weighted by Gasteiger charge is 2.23. The van der Waals surface area contributed by atoms with Crippen molar-refractivity contribution in [3.05, 3.63) is 52.8 Å². The first-order valence-corrected chi connectivity index (χ1v) is 6.06. The Morgan fingerprint density at radius 3 is 2.79 bits per heavy atom. The minimum Gasteiger partial charge on any atom is -0.452 e. The van der Waals surface area contributed by atoms with E-state index >= 15 is 0 Å². The van der Waals surface area contributed by atoms with Gasteiger partial charge in [-0.05, 0) is 23.8 Å². The smallest absolute Gasteiger partial charge is 0.228 e. The standard InChI is InChI=1S/C14H9ClFNO2/c15-9-5-8-6-13(18)17-14(8)12(7-9)19-11-4-2-1-3-10(11)16/h1-5,7H,6H2,(H,17,18). The molecular weight excluding hydrogens is 269 g/mol.